The molecule has 0 unspecified atom stereocenters. The van der Waals surface area contributed by atoms with E-state index in [4.69, 9.17) is 14.5 Å². The van der Waals surface area contributed by atoms with Crippen LogP contribution in [0.1, 0.15) is 58.9 Å². The maximum Gasteiger partial charge on any atom is 0.250 e. The van der Waals surface area contributed by atoms with E-state index in [-0.39, 0.29) is 11.6 Å². The molecule has 8 heteroatoms. The lowest BCUT2D eigenvalue weighted by atomic mass is 9.95. The molecule has 1 aliphatic carbocycles. The largest absolute Gasteiger partial charge is 0.457 e. The van der Waals surface area contributed by atoms with Crippen LogP contribution in [0, 0.1) is 18.6 Å². The zero-order chi connectivity index (χ0) is 22.0. The molecule has 32 heavy (non-hydrogen) atoms. The number of aliphatic imine (C=N–C) groups is 1. The summed E-state index contributed by atoms with van der Waals surface area (Å²) in [6.07, 6.45) is 7.77. The summed E-state index contributed by atoms with van der Waals surface area (Å²) in [5.74, 6) is -1.12. The summed E-state index contributed by atoms with van der Waals surface area (Å²) in [5, 5.41) is 0.924. The maximum absolute atomic E-state index is 15.0. The number of aromatic nitrogens is 2. The number of hydrogen-bond acceptors (Lipinski definition) is 5. The van der Waals surface area contributed by atoms with E-state index >= 15 is 0 Å². The lowest BCUT2D eigenvalue weighted by molar-refractivity contribution is -0.149. The first-order valence-electron chi connectivity index (χ1n) is 10.7. The molecule has 0 N–H and O–H groups in total. The summed E-state index contributed by atoms with van der Waals surface area (Å²) in [7, 11) is 0. The highest BCUT2D eigenvalue weighted by Crippen LogP contribution is 2.45. The summed E-state index contributed by atoms with van der Waals surface area (Å²) in [4.78, 5) is 10.6. The third-order valence-electron chi connectivity index (χ3n) is 6.48. The van der Waals surface area contributed by atoms with E-state index in [1.54, 1.807) is 23.9 Å². The van der Waals surface area contributed by atoms with Gasteiger partial charge in [0.05, 0.1) is 11.3 Å². The smallest absolute Gasteiger partial charge is 0.250 e. The van der Waals surface area contributed by atoms with Crippen LogP contribution in [0.4, 0.5) is 8.78 Å². The molecule has 164 valence electrons. The Morgan fingerprint density at radius 1 is 1.09 bits per heavy atom. The Kier molecular flexibility index (Phi) is 4.30. The molecular weight excluding hydrogens is 432 g/mol. The lowest BCUT2D eigenvalue weighted by Gasteiger charge is -2.26. The Morgan fingerprint density at radius 3 is 2.56 bits per heavy atom. The van der Waals surface area contributed by atoms with Crippen molar-refractivity contribution >= 4 is 17.0 Å². The monoisotopic (exact) mass is 453 g/mol. The van der Waals surface area contributed by atoms with Crippen molar-refractivity contribution in [3.63, 3.8) is 0 Å². The van der Waals surface area contributed by atoms with Gasteiger partial charge in [-0.25, -0.2) is 13.8 Å². The van der Waals surface area contributed by atoms with E-state index in [9.17, 15) is 8.78 Å². The molecule has 5 nitrogen and oxygen atoms in total. The summed E-state index contributed by atoms with van der Waals surface area (Å²) in [6, 6.07) is 3.60. The SMILES string of the molecule is Cc1cnc2n1-c1sc3c(c1C(c1c(F)cccc1F)=N[C@H]2C)CCC1(CC3)OC=CO1. The third kappa shape index (κ3) is 2.78. The van der Waals surface area contributed by atoms with Crippen molar-refractivity contribution in [1.82, 2.24) is 9.55 Å². The first kappa shape index (κ1) is 19.7. The predicted octanol–water partition coefficient (Wildman–Crippen LogP) is 5.53. The number of halogens is 2. The van der Waals surface area contributed by atoms with E-state index in [0.29, 0.717) is 25.0 Å². The molecule has 0 saturated carbocycles. The average molecular weight is 454 g/mol. The molecule has 6 rings (SSSR count). The molecule has 3 aliphatic rings. The minimum absolute atomic E-state index is 0.0846. The van der Waals surface area contributed by atoms with E-state index in [0.717, 1.165) is 34.1 Å². The lowest BCUT2D eigenvalue weighted by Crippen LogP contribution is -2.30. The van der Waals surface area contributed by atoms with Crippen molar-refractivity contribution in [1.29, 1.82) is 0 Å². The van der Waals surface area contributed by atoms with E-state index in [2.05, 4.69) is 9.55 Å². The zero-order valence-corrected chi connectivity index (χ0v) is 18.5. The fourth-order valence-electron chi connectivity index (χ4n) is 4.92. The molecule has 1 atom stereocenters. The van der Waals surface area contributed by atoms with Crippen molar-refractivity contribution in [2.75, 3.05) is 0 Å². The highest BCUT2D eigenvalue weighted by Gasteiger charge is 2.41. The predicted molar refractivity (Wildman–Crippen MR) is 117 cm³/mol. The van der Waals surface area contributed by atoms with Crippen LogP contribution in [0.5, 0.6) is 0 Å². The molecule has 0 bridgehead atoms. The van der Waals surface area contributed by atoms with Crippen molar-refractivity contribution in [3.05, 3.63) is 81.6 Å². The van der Waals surface area contributed by atoms with E-state index in [1.165, 1.54) is 23.1 Å². The minimum Gasteiger partial charge on any atom is -0.457 e. The summed E-state index contributed by atoms with van der Waals surface area (Å²) in [6.45, 7) is 3.90. The number of thiophene rings is 1. The normalized spacial score (nSPS) is 20.5. The third-order valence-corrected chi connectivity index (χ3v) is 7.76. The standard InChI is InChI=1S/C24H21F2N3O2S/c1-13-12-27-22-14(2)28-21(20-16(25)4-3-5-17(20)26)19-15-6-8-24(30-10-11-31-24)9-7-18(15)32-23(19)29(13)22/h3-5,10-12,14H,6-9H2,1-2H3/t14-/m0/s1. The molecule has 2 aliphatic heterocycles. The topological polar surface area (TPSA) is 48.6 Å². The molecule has 0 fully saturated rings. The van der Waals surface area contributed by atoms with Crippen LogP contribution in [-0.2, 0) is 22.3 Å². The van der Waals surface area contributed by atoms with Crippen LogP contribution in [-0.4, -0.2) is 21.0 Å². The van der Waals surface area contributed by atoms with Gasteiger partial charge in [0, 0.05) is 35.2 Å². The van der Waals surface area contributed by atoms with Gasteiger partial charge in [-0.05, 0) is 44.4 Å². The molecule has 4 heterocycles. The van der Waals surface area contributed by atoms with Gasteiger partial charge < -0.3 is 9.47 Å². The Labute approximate surface area is 188 Å². The van der Waals surface area contributed by atoms with Gasteiger partial charge in [0.1, 0.15) is 41.0 Å². The maximum atomic E-state index is 15.0. The van der Waals surface area contributed by atoms with Crippen molar-refractivity contribution in [3.8, 4) is 5.00 Å². The Bertz CT molecular complexity index is 1280. The number of fused-ring (bicyclic) bond motifs is 5. The molecule has 0 saturated heterocycles. The van der Waals surface area contributed by atoms with Crippen LogP contribution in [0.2, 0.25) is 0 Å². The highest BCUT2D eigenvalue weighted by atomic mass is 32.1. The van der Waals surface area contributed by atoms with Crippen LogP contribution in [0.25, 0.3) is 5.00 Å². The fourth-order valence-corrected chi connectivity index (χ4v) is 6.34. The van der Waals surface area contributed by atoms with Gasteiger partial charge in [0.25, 0.3) is 0 Å². The first-order chi connectivity index (χ1) is 15.5. The summed E-state index contributed by atoms with van der Waals surface area (Å²) in [5.41, 5.74) is 3.10. The van der Waals surface area contributed by atoms with E-state index < -0.39 is 17.4 Å². The molecule has 2 aromatic heterocycles. The van der Waals surface area contributed by atoms with Gasteiger partial charge in [0.15, 0.2) is 0 Å². The second kappa shape index (κ2) is 7.00. The number of nitrogens with zero attached hydrogens (tertiary/aromatic N) is 3. The second-order valence-electron chi connectivity index (χ2n) is 8.45. The Hall–Kier alpha value is -3.00. The van der Waals surface area contributed by atoms with Gasteiger partial charge in [-0.15, -0.1) is 11.3 Å². The van der Waals surface area contributed by atoms with E-state index in [1.807, 2.05) is 20.0 Å². The van der Waals surface area contributed by atoms with Crippen molar-refractivity contribution < 1.29 is 18.3 Å². The van der Waals surface area contributed by atoms with Crippen molar-refractivity contribution in [2.45, 2.75) is 51.4 Å². The quantitative estimate of drug-likeness (QED) is 0.487. The molecule has 0 radical (unpaired) electrons. The molecule has 1 spiro atoms. The highest BCUT2D eigenvalue weighted by molar-refractivity contribution is 7.15. The summed E-state index contributed by atoms with van der Waals surface area (Å²) < 4.78 is 43.7. The summed E-state index contributed by atoms with van der Waals surface area (Å²) >= 11 is 1.65. The van der Waals surface area contributed by atoms with Gasteiger partial charge in [0.2, 0.25) is 5.79 Å². The molecular formula is C24H21F2N3O2S. The first-order valence-corrected chi connectivity index (χ1v) is 11.5. The zero-order valence-electron chi connectivity index (χ0n) is 17.7. The number of benzene rings is 1. The molecule has 3 aromatic rings. The van der Waals surface area contributed by atoms with Crippen LogP contribution >= 0.6 is 11.3 Å². The van der Waals surface area contributed by atoms with Gasteiger partial charge >= 0.3 is 0 Å². The second-order valence-corrected chi connectivity index (χ2v) is 9.53. The number of aryl methyl sites for hydroxylation is 2. The number of hydrogen-bond donors (Lipinski definition) is 0. The number of ether oxygens (including phenoxy) is 2. The van der Waals surface area contributed by atoms with Gasteiger partial charge in [-0.3, -0.25) is 9.56 Å². The van der Waals surface area contributed by atoms with Crippen LogP contribution in [0.15, 0.2) is 41.9 Å². The van der Waals surface area contributed by atoms with Crippen LogP contribution in [0.3, 0.4) is 0 Å². The Balaban J connectivity index is 1.60. The van der Waals surface area contributed by atoms with Crippen LogP contribution < -0.4 is 0 Å². The fraction of sp³-hybridized carbons (Fsp3) is 0.333. The Morgan fingerprint density at radius 2 is 1.81 bits per heavy atom. The minimum atomic E-state index is -0.666. The van der Waals surface area contributed by atoms with Crippen molar-refractivity contribution in [2.24, 2.45) is 4.99 Å². The number of imidazole rings is 1. The number of rotatable bonds is 1. The molecule has 0 amide bonds. The van der Waals surface area contributed by atoms with Gasteiger partial charge in [-0.2, -0.15) is 0 Å². The average Bonchev–Trinajstić information content (AvgIpc) is 3.42. The molecule has 1 aromatic carbocycles. The van der Waals surface area contributed by atoms with Gasteiger partial charge in [-0.1, -0.05) is 6.07 Å².